The molecule has 0 aliphatic carbocycles. The number of unbranched alkanes of at least 4 members (excludes halogenated alkanes) is 2. The first kappa shape index (κ1) is 9.74. The Morgan fingerprint density at radius 1 is 1.40 bits per heavy atom. The standard InChI is InChI=1S/C10H19/c1-4-6-7-8-9-10(3)5-2/h8-10H,3-7H2,1-2H3. The lowest BCUT2D eigenvalue weighted by Gasteiger charge is -1.98. The normalized spacial score (nSPS) is 14.3. The van der Waals surface area contributed by atoms with Crippen LogP contribution in [0.4, 0.5) is 0 Å². The van der Waals surface area contributed by atoms with Crippen molar-refractivity contribution < 1.29 is 0 Å². The maximum Gasteiger partial charge on any atom is -0.0236 e. The van der Waals surface area contributed by atoms with Crippen LogP contribution in [0, 0.1) is 12.8 Å². The second kappa shape index (κ2) is 6.85. The zero-order valence-electron chi connectivity index (χ0n) is 7.27. The first-order chi connectivity index (χ1) is 4.81. The van der Waals surface area contributed by atoms with Crippen molar-refractivity contribution in [3.63, 3.8) is 0 Å². The maximum atomic E-state index is 3.97. The van der Waals surface area contributed by atoms with Gasteiger partial charge in [-0.3, -0.25) is 0 Å². The molecule has 0 spiro atoms. The number of rotatable bonds is 5. The third-order valence-corrected chi connectivity index (χ3v) is 1.66. The van der Waals surface area contributed by atoms with Gasteiger partial charge in [0.25, 0.3) is 0 Å². The fraction of sp³-hybridized carbons (Fsp3) is 0.700. The minimum atomic E-state index is 0.525. The molecule has 0 saturated heterocycles. The molecule has 0 N–H and O–H groups in total. The van der Waals surface area contributed by atoms with Crippen molar-refractivity contribution in [2.24, 2.45) is 5.92 Å². The largest absolute Gasteiger partial charge is 0.0883 e. The van der Waals surface area contributed by atoms with Crippen molar-refractivity contribution in [1.82, 2.24) is 0 Å². The van der Waals surface area contributed by atoms with E-state index in [1.165, 1.54) is 19.3 Å². The highest BCUT2D eigenvalue weighted by Gasteiger charge is 1.88. The first-order valence-corrected chi connectivity index (χ1v) is 4.31. The lowest BCUT2D eigenvalue weighted by atomic mass is 10.1. The monoisotopic (exact) mass is 139 g/mol. The topological polar surface area (TPSA) is 0 Å². The van der Waals surface area contributed by atoms with E-state index < -0.39 is 0 Å². The molecule has 1 atom stereocenters. The third kappa shape index (κ3) is 5.87. The predicted molar refractivity (Wildman–Crippen MR) is 47.8 cm³/mol. The maximum absolute atomic E-state index is 3.97. The second-order valence-electron chi connectivity index (χ2n) is 2.74. The van der Waals surface area contributed by atoms with Crippen LogP contribution in [0.3, 0.4) is 0 Å². The van der Waals surface area contributed by atoms with Gasteiger partial charge in [-0.25, -0.2) is 0 Å². The summed E-state index contributed by atoms with van der Waals surface area (Å²) in [5, 5.41) is 0. The molecule has 1 radical (unpaired) electrons. The number of allylic oxidation sites excluding steroid dienone is 2. The van der Waals surface area contributed by atoms with Gasteiger partial charge in [0.1, 0.15) is 0 Å². The van der Waals surface area contributed by atoms with Gasteiger partial charge in [-0.2, -0.15) is 0 Å². The Hall–Kier alpha value is -0.260. The van der Waals surface area contributed by atoms with Crippen LogP contribution >= 0.6 is 0 Å². The van der Waals surface area contributed by atoms with Gasteiger partial charge >= 0.3 is 0 Å². The summed E-state index contributed by atoms with van der Waals surface area (Å²) in [6.07, 6.45) is 9.46. The number of hydrogen-bond acceptors (Lipinski definition) is 0. The minimum Gasteiger partial charge on any atom is -0.0883 e. The fourth-order valence-electron chi connectivity index (χ4n) is 0.747. The second-order valence-corrected chi connectivity index (χ2v) is 2.74. The molecule has 0 heteroatoms. The van der Waals surface area contributed by atoms with E-state index in [4.69, 9.17) is 0 Å². The van der Waals surface area contributed by atoms with E-state index >= 15 is 0 Å². The van der Waals surface area contributed by atoms with Gasteiger partial charge in [-0.15, -0.1) is 0 Å². The van der Waals surface area contributed by atoms with Gasteiger partial charge in [0.15, 0.2) is 0 Å². The summed E-state index contributed by atoms with van der Waals surface area (Å²) in [4.78, 5) is 0. The average molecular weight is 139 g/mol. The third-order valence-electron chi connectivity index (χ3n) is 1.66. The molecule has 10 heavy (non-hydrogen) atoms. The molecule has 0 amide bonds. The Balaban J connectivity index is 3.18. The molecule has 0 aromatic heterocycles. The SMILES string of the molecule is [CH2]C(C=CCCCC)CC. The van der Waals surface area contributed by atoms with Gasteiger partial charge < -0.3 is 0 Å². The van der Waals surface area contributed by atoms with Crippen LogP contribution in [0.25, 0.3) is 0 Å². The summed E-state index contributed by atoms with van der Waals surface area (Å²) in [5.41, 5.74) is 0. The molecule has 0 rings (SSSR count). The first-order valence-electron chi connectivity index (χ1n) is 4.31. The summed E-state index contributed by atoms with van der Waals surface area (Å²) in [7, 11) is 0. The zero-order valence-corrected chi connectivity index (χ0v) is 7.27. The van der Waals surface area contributed by atoms with Gasteiger partial charge in [0.05, 0.1) is 0 Å². The lowest BCUT2D eigenvalue weighted by Crippen LogP contribution is -1.84. The van der Waals surface area contributed by atoms with Gasteiger partial charge in [0.2, 0.25) is 0 Å². The van der Waals surface area contributed by atoms with E-state index in [0.29, 0.717) is 5.92 Å². The Morgan fingerprint density at radius 2 is 2.10 bits per heavy atom. The molecule has 0 aromatic carbocycles. The minimum absolute atomic E-state index is 0.525. The van der Waals surface area contributed by atoms with Crippen molar-refractivity contribution in [3.05, 3.63) is 19.1 Å². The molecule has 0 heterocycles. The summed E-state index contributed by atoms with van der Waals surface area (Å²) < 4.78 is 0. The van der Waals surface area contributed by atoms with Crippen molar-refractivity contribution in [2.75, 3.05) is 0 Å². The number of hydrogen-bond donors (Lipinski definition) is 0. The van der Waals surface area contributed by atoms with Crippen molar-refractivity contribution >= 4 is 0 Å². The Bertz CT molecular complexity index is 82.0. The van der Waals surface area contributed by atoms with Crippen molar-refractivity contribution in [1.29, 1.82) is 0 Å². The molecule has 0 aromatic rings. The van der Waals surface area contributed by atoms with Crippen molar-refractivity contribution in [3.8, 4) is 0 Å². The van der Waals surface area contributed by atoms with Crippen LogP contribution in [-0.2, 0) is 0 Å². The molecule has 0 nitrogen and oxygen atoms in total. The van der Waals surface area contributed by atoms with Crippen LogP contribution in [0.15, 0.2) is 12.2 Å². The van der Waals surface area contributed by atoms with E-state index in [2.05, 4.69) is 32.9 Å². The lowest BCUT2D eigenvalue weighted by molar-refractivity contribution is 0.755. The molecule has 0 fully saturated rings. The predicted octanol–water partition coefficient (Wildman–Crippen LogP) is 3.59. The van der Waals surface area contributed by atoms with E-state index in [1.807, 2.05) is 0 Å². The highest BCUT2D eigenvalue weighted by molar-refractivity contribution is 4.88. The Kier molecular flexibility index (Phi) is 6.68. The molecule has 0 aliphatic heterocycles. The van der Waals surface area contributed by atoms with E-state index in [0.717, 1.165) is 6.42 Å². The highest BCUT2D eigenvalue weighted by atomic mass is 13.9. The molecule has 0 saturated carbocycles. The summed E-state index contributed by atoms with van der Waals surface area (Å²) >= 11 is 0. The Morgan fingerprint density at radius 3 is 2.60 bits per heavy atom. The quantitative estimate of drug-likeness (QED) is 0.403. The summed E-state index contributed by atoms with van der Waals surface area (Å²) in [6, 6.07) is 0. The van der Waals surface area contributed by atoms with E-state index in [1.54, 1.807) is 0 Å². The van der Waals surface area contributed by atoms with Gasteiger partial charge in [0, 0.05) is 0 Å². The van der Waals surface area contributed by atoms with Crippen molar-refractivity contribution in [2.45, 2.75) is 39.5 Å². The molecule has 0 bridgehead atoms. The molecule has 0 aliphatic rings. The summed E-state index contributed by atoms with van der Waals surface area (Å²) in [5.74, 6) is 0.525. The molecule has 59 valence electrons. The molecular formula is C10H19. The van der Waals surface area contributed by atoms with E-state index in [9.17, 15) is 0 Å². The van der Waals surface area contributed by atoms with Crippen LogP contribution in [0.5, 0.6) is 0 Å². The van der Waals surface area contributed by atoms with Gasteiger partial charge in [-0.1, -0.05) is 38.8 Å². The van der Waals surface area contributed by atoms with Crippen LogP contribution in [0.2, 0.25) is 0 Å². The highest BCUT2D eigenvalue weighted by Crippen LogP contribution is 2.03. The van der Waals surface area contributed by atoms with Crippen LogP contribution < -0.4 is 0 Å². The average Bonchev–Trinajstić information content (AvgIpc) is 1.98. The summed E-state index contributed by atoms with van der Waals surface area (Å²) in [6.45, 7) is 8.35. The molecular weight excluding hydrogens is 120 g/mol. The van der Waals surface area contributed by atoms with E-state index in [-0.39, 0.29) is 0 Å². The van der Waals surface area contributed by atoms with Gasteiger partial charge in [-0.05, 0) is 25.7 Å². The fourth-order valence-corrected chi connectivity index (χ4v) is 0.747. The smallest absolute Gasteiger partial charge is 0.0236 e. The molecule has 1 unspecified atom stereocenters. The van der Waals surface area contributed by atoms with Crippen LogP contribution in [0.1, 0.15) is 39.5 Å². The van der Waals surface area contributed by atoms with Crippen LogP contribution in [-0.4, -0.2) is 0 Å². The Labute approximate surface area is 65.3 Å². The zero-order chi connectivity index (χ0) is 7.82.